The average molecular weight is 208 g/mol. The molecule has 0 spiro atoms. The fourth-order valence-electron chi connectivity index (χ4n) is 0.972. The topological polar surface area (TPSA) is 37.3 Å². The fourth-order valence-corrected chi connectivity index (χ4v) is 1.53. The van der Waals surface area contributed by atoms with Crippen LogP contribution in [0.4, 0.5) is 0 Å². The summed E-state index contributed by atoms with van der Waals surface area (Å²) in [4.78, 5) is 10.2. The van der Waals surface area contributed by atoms with Gasteiger partial charge in [0.05, 0.1) is 6.42 Å². The van der Waals surface area contributed by atoms with Crippen molar-refractivity contribution in [3.8, 4) is 0 Å². The van der Waals surface area contributed by atoms with Crippen LogP contribution in [0.5, 0.6) is 0 Å². The van der Waals surface area contributed by atoms with Gasteiger partial charge in [0, 0.05) is 5.25 Å². The van der Waals surface area contributed by atoms with Gasteiger partial charge in [-0.2, -0.15) is 25.3 Å². The first-order chi connectivity index (χ1) is 5.66. The van der Waals surface area contributed by atoms with E-state index >= 15 is 0 Å². The monoisotopic (exact) mass is 208 g/mol. The minimum absolute atomic E-state index is 0.0161. The molecule has 4 heteroatoms. The molecule has 0 radical (unpaired) electrons. The van der Waals surface area contributed by atoms with Crippen LogP contribution < -0.4 is 0 Å². The first-order valence-corrected chi connectivity index (χ1v) is 5.32. The molecule has 12 heavy (non-hydrogen) atoms. The normalized spacial score (nSPS) is 12.8. The third-order valence-electron chi connectivity index (χ3n) is 1.61. The van der Waals surface area contributed by atoms with Crippen LogP contribution in [-0.2, 0) is 4.79 Å². The van der Waals surface area contributed by atoms with E-state index in [0.717, 1.165) is 31.4 Å². The molecule has 0 fully saturated rings. The first kappa shape index (κ1) is 12.2. The minimum atomic E-state index is -0.760. The number of thiol groups is 2. The van der Waals surface area contributed by atoms with Crippen molar-refractivity contribution in [2.45, 2.75) is 37.4 Å². The lowest BCUT2D eigenvalue weighted by Gasteiger charge is -2.06. The summed E-state index contributed by atoms with van der Waals surface area (Å²) in [6, 6.07) is 0. The highest BCUT2D eigenvalue weighted by Gasteiger charge is 2.07. The van der Waals surface area contributed by atoms with Gasteiger partial charge in [-0.25, -0.2) is 0 Å². The molecule has 1 unspecified atom stereocenters. The second kappa shape index (κ2) is 7.80. The summed E-state index contributed by atoms with van der Waals surface area (Å²) in [7, 11) is 0. The first-order valence-electron chi connectivity index (χ1n) is 4.17. The summed E-state index contributed by atoms with van der Waals surface area (Å²) in [6.07, 6.45) is 4.35. The van der Waals surface area contributed by atoms with Gasteiger partial charge in [0.15, 0.2) is 0 Å². The molecule has 0 rings (SSSR count). The van der Waals surface area contributed by atoms with Crippen molar-refractivity contribution in [3.05, 3.63) is 0 Å². The Kier molecular flexibility index (Phi) is 7.91. The van der Waals surface area contributed by atoms with Crippen molar-refractivity contribution < 1.29 is 9.90 Å². The van der Waals surface area contributed by atoms with Crippen molar-refractivity contribution in [3.63, 3.8) is 0 Å². The Morgan fingerprint density at radius 2 is 2.00 bits per heavy atom. The van der Waals surface area contributed by atoms with Crippen LogP contribution in [0, 0.1) is 0 Å². The highest BCUT2D eigenvalue weighted by molar-refractivity contribution is 7.81. The molecule has 2 nitrogen and oxygen atoms in total. The lowest BCUT2D eigenvalue weighted by molar-refractivity contribution is -0.136. The maximum atomic E-state index is 10.2. The summed E-state index contributed by atoms with van der Waals surface area (Å²) in [6.45, 7) is 0. The molecule has 0 aliphatic rings. The molecule has 0 aromatic rings. The Hall–Kier alpha value is 0.170. The molecule has 72 valence electrons. The number of rotatable bonds is 7. The molecule has 0 aliphatic heterocycles. The van der Waals surface area contributed by atoms with Gasteiger partial charge in [-0.1, -0.05) is 12.8 Å². The molecular formula is C8H16O2S2. The Bertz CT molecular complexity index is 128. The van der Waals surface area contributed by atoms with E-state index < -0.39 is 5.97 Å². The van der Waals surface area contributed by atoms with E-state index in [4.69, 9.17) is 5.11 Å². The Morgan fingerprint density at radius 1 is 1.33 bits per heavy atom. The van der Waals surface area contributed by atoms with Gasteiger partial charge in [-0.3, -0.25) is 4.79 Å². The van der Waals surface area contributed by atoms with Gasteiger partial charge in [0.1, 0.15) is 0 Å². The van der Waals surface area contributed by atoms with Crippen LogP contribution in [0.3, 0.4) is 0 Å². The summed E-state index contributed by atoms with van der Waals surface area (Å²) in [5.41, 5.74) is 0. The molecule has 0 amide bonds. The van der Waals surface area contributed by atoms with Crippen molar-refractivity contribution >= 4 is 31.2 Å². The summed E-state index contributed by atoms with van der Waals surface area (Å²) in [5.74, 6) is 0.153. The molecule has 0 aliphatic carbocycles. The quantitative estimate of drug-likeness (QED) is 0.443. The van der Waals surface area contributed by atoms with E-state index in [1.807, 2.05) is 0 Å². The molecular weight excluding hydrogens is 192 g/mol. The maximum Gasteiger partial charge on any atom is 0.304 e. The molecule has 0 saturated carbocycles. The number of hydrogen-bond acceptors (Lipinski definition) is 3. The van der Waals surface area contributed by atoms with E-state index in [-0.39, 0.29) is 11.7 Å². The summed E-state index contributed by atoms with van der Waals surface area (Å²) < 4.78 is 0. The summed E-state index contributed by atoms with van der Waals surface area (Å²) >= 11 is 8.26. The van der Waals surface area contributed by atoms with Crippen molar-refractivity contribution in [1.82, 2.24) is 0 Å². The Labute approximate surface area is 84.6 Å². The molecule has 0 aromatic heterocycles. The standard InChI is InChI=1S/C8H16O2S2/c9-8(10)6-7(12)4-2-1-3-5-11/h7,11-12H,1-6H2,(H,9,10). The number of carboxylic acids is 1. The van der Waals surface area contributed by atoms with Crippen LogP contribution in [0.1, 0.15) is 32.1 Å². The van der Waals surface area contributed by atoms with Crippen LogP contribution in [-0.4, -0.2) is 22.1 Å². The zero-order chi connectivity index (χ0) is 9.40. The largest absolute Gasteiger partial charge is 0.481 e. The Balaban J connectivity index is 3.19. The van der Waals surface area contributed by atoms with Crippen LogP contribution >= 0.6 is 25.3 Å². The smallest absolute Gasteiger partial charge is 0.304 e. The highest BCUT2D eigenvalue weighted by atomic mass is 32.1. The van der Waals surface area contributed by atoms with Crippen LogP contribution in [0.15, 0.2) is 0 Å². The van der Waals surface area contributed by atoms with Crippen molar-refractivity contribution in [1.29, 1.82) is 0 Å². The van der Waals surface area contributed by atoms with Crippen molar-refractivity contribution in [2.75, 3.05) is 5.75 Å². The van der Waals surface area contributed by atoms with Crippen LogP contribution in [0.25, 0.3) is 0 Å². The highest BCUT2D eigenvalue weighted by Crippen LogP contribution is 2.12. The van der Waals surface area contributed by atoms with E-state index in [1.165, 1.54) is 0 Å². The second-order valence-corrected chi connectivity index (χ2v) is 4.00. The van der Waals surface area contributed by atoms with Crippen molar-refractivity contribution in [2.24, 2.45) is 0 Å². The predicted molar refractivity (Wildman–Crippen MR) is 57.3 cm³/mol. The van der Waals surface area contributed by atoms with Gasteiger partial charge in [0.25, 0.3) is 0 Å². The van der Waals surface area contributed by atoms with E-state index in [1.54, 1.807) is 0 Å². The number of aliphatic carboxylic acids is 1. The zero-order valence-corrected chi connectivity index (χ0v) is 8.86. The average Bonchev–Trinajstić information content (AvgIpc) is 1.97. The lowest BCUT2D eigenvalue weighted by atomic mass is 10.1. The van der Waals surface area contributed by atoms with Gasteiger partial charge in [-0.05, 0) is 18.6 Å². The molecule has 0 heterocycles. The molecule has 0 aromatic carbocycles. The number of unbranched alkanes of at least 4 members (excludes halogenated alkanes) is 2. The molecule has 1 atom stereocenters. The fraction of sp³-hybridized carbons (Fsp3) is 0.875. The molecule has 1 N–H and O–H groups in total. The minimum Gasteiger partial charge on any atom is -0.481 e. The number of carbonyl (C=O) groups is 1. The van der Waals surface area contributed by atoms with Gasteiger partial charge in [0.2, 0.25) is 0 Å². The summed E-state index contributed by atoms with van der Waals surface area (Å²) in [5, 5.41) is 8.44. The zero-order valence-electron chi connectivity index (χ0n) is 7.07. The van der Waals surface area contributed by atoms with E-state index in [2.05, 4.69) is 25.3 Å². The van der Waals surface area contributed by atoms with Gasteiger partial charge in [-0.15, -0.1) is 0 Å². The van der Waals surface area contributed by atoms with E-state index in [9.17, 15) is 4.79 Å². The second-order valence-electron chi connectivity index (χ2n) is 2.82. The molecule has 0 saturated heterocycles. The van der Waals surface area contributed by atoms with Crippen LogP contribution in [0.2, 0.25) is 0 Å². The SMILES string of the molecule is O=C(O)CC(S)CCCCCS. The van der Waals surface area contributed by atoms with Gasteiger partial charge >= 0.3 is 5.97 Å². The number of carboxylic acid groups (broad SMARTS) is 1. The maximum absolute atomic E-state index is 10.2. The van der Waals surface area contributed by atoms with E-state index in [0.29, 0.717) is 0 Å². The lowest BCUT2D eigenvalue weighted by Crippen LogP contribution is -2.06. The Morgan fingerprint density at radius 3 is 2.50 bits per heavy atom. The number of hydrogen-bond donors (Lipinski definition) is 3. The third kappa shape index (κ3) is 8.27. The molecule has 0 bridgehead atoms. The predicted octanol–water partition coefficient (Wildman–Crippen LogP) is 2.25. The van der Waals surface area contributed by atoms with Gasteiger partial charge < -0.3 is 5.11 Å². The third-order valence-corrected chi connectivity index (χ3v) is 2.36.